The zero-order valence-electron chi connectivity index (χ0n) is 13.9. The lowest BCUT2D eigenvalue weighted by atomic mass is 10.3. The zero-order chi connectivity index (χ0) is 17.8. The minimum atomic E-state index is -0.410. The van der Waals surface area contributed by atoms with Gasteiger partial charge >= 0.3 is 5.97 Å². The van der Waals surface area contributed by atoms with Crippen molar-refractivity contribution in [2.75, 3.05) is 11.9 Å². The summed E-state index contributed by atoms with van der Waals surface area (Å²) in [7, 11) is 0. The molecule has 2 heterocycles. The smallest absolute Gasteiger partial charge is 0.350 e. The highest BCUT2D eigenvalue weighted by atomic mass is 32.1. The Bertz CT molecular complexity index is 884. The molecule has 130 valence electrons. The lowest BCUT2D eigenvalue weighted by Crippen LogP contribution is -2.12. The fraction of sp³-hybridized carbons (Fsp3) is 0.294. The Morgan fingerprint density at radius 1 is 1.20 bits per heavy atom. The minimum Gasteiger partial charge on any atom is -0.462 e. The number of ether oxygens (including phenoxy) is 1. The number of carbonyl (C=O) groups excluding carboxylic acids is 2. The highest BCUT2D eigenvalue weighted by molar-refractivity contribution is 7.18. The van der Waals surface area contributed by atoms with E-state index in [-0.39, 0.29) is 5.91 Å². The van der Waals surface area contributed by atoms with Crippen LogP contribution in [0.25, 0.3) is 10.2 Å². The molecule has 3 rings (SSSR count). The Morgan fingerprint density at radius 3 is 2.76 bits per heavy atom. The van der Waals surface area contributed by atoms with Crippen LogP contribution < -0.4 is 5.32 Å². The maximum Gasteiger partial charge on any atom is 0.350 e. The van der Waals surface area contributed by atoms with Gasteiger partial charge in [-0.2, -0.15) is 0 Å². The van der Waals surface area contributed by atoms with E-state index in [1.54, 1.807) is 25.2 Å². The van der Waals surface area contributed by atoms with Crippen molar-refractivity contribution in [2.45, 2.75) is 26.7 Å². The van der Waals surface area contributed by atoms with Gasteiger partial charge in [0.05, 0.1) is 27.5 Å². The Balaban J connectivity index is 1.59. The van der Waals surface area contributed by atoms with Gasteiger partial charge in [-0.05, 0) is 26.0 Å². The van der Waals surface area contributed by atoms with Crippen molar-refractivity contribution in [1.82, 2.24) is 9.97 Å². The number of nitrogens with zero attached hydrogens (tertiary/aromatic N) is 2. The van der Waals surface area contributed by atoms with Gasteiger partial charge in [0.2, 0.25) is 5.91 Å². The van der Waals surface area contributed by atoms with Gasteiger partial charge < -0.3 is 10.1 Å². The molecule has 6 nitrogen and oxygen atoms in total. The molecule has 0 saturated heterocycles. The highest BCUT2D eigenvalue weighted by Gasteiger charge is 2.17. The van der Waals surface area contributed by atoms with Gasteiger partial charge in [0.25, 0.3) is 0 Å². The van der Waals surface area contributed by atoms with Gasteiger partial charge in [0.15, 0.2) is 5.13 Å². The summed E-state index contributed by atoms with van der Waals surface area (Å²) in [6, 6.07) is 7.91. The third kappa shape index (κ3) is 4.21. The fourth-order valence-electron chi connectivity index (χ4n) is 2.27. The summed E-state index contributed by atoms with van der Waals surface area (Å²) in [6.45, 7) is 3.78. The molecule has 1 aromatic carbocycles. The predicted octanol–water partition coefficient (Wildman–Crippen LogP) is 3.81. The summed E-state index contributed by atoms with van der Waals surface area (Å²) >= 11 is 2.73. The van der Waals surface area contributed by atoms with Crippen LogP contribution >= 0.6 is 22.7 Å². The summed E-state index contributed by atoms with van der Waals surface area (Å²) < 4.78 is 6.09. The van der Waals surface area contributed by atoms with Gasteiger partial charge in [-0.15, -0.1) is 11.3 Å². The monoisotopic (exact) mass is 375 g/mol. The number of hydrogen-bond acceptors (Lipinski definition) is 7. The van der Waals surface area contributed by atoms with E-state index in [9.17, 15) is 9.59 Å². The van der Waals surface area contributed by atoms with Crippen LogP contribution in [0.5, 0.6) is 0 Å². The molecular formula is C17H17N3O3S2. The normalized spacial score (nSPS) is 10.8. The second-order valence-electron chi connectivity index (χ2n) is 5.28. The van der Waals surface area contributed by atoms with Crippen LogP contribution in [0.1, 0.15) is 33.7 Å². The van der Waals surface area contributed by atoms with Crippen molar-refractivity contribution in [3.63, 3.8) is 0 Å². The number of rotatable bonds is 6. The molecule has 1 amide bonds. The number of para-hydroxylation sites is 1. The first kappa shape index (κ1) is 17.5. The van der Waals surface area contributed by atoms with E-state index in [4.69, 9.17) is 4.74 Å². The molecule has 0 aliphatic rings. The van der Waals surface area contributed by atoms with Crippen molar-refractivity contribution in [3.8, 4) is 0 Å². The van der Waals surface area contributed by atoms with E-state index >= 15 is 0 Å². The molecule has 0 bridgehead atoms. The SMILES string of the molecule is CCOC(=O)c1sc(NC(=O)CCc2nc3ccccc3s2)nc1C. The third-order valence-corrected chi connectivity index (χ3v) is 5.56. The zero-order valence-corrected chi connectivity index (χ0v) is 15.5. The quantitative estimate of drug-likeness (QED) is 0.663. The summed E-state index contributed by atoms with van der Waals surface area (Å²) in [5, 5.41) is 4.08. The molecule has 0 fully saturated rings. The van der Waals surface area contributed by atoms with E-state index in [0.717, 1.165) is 26.6 Å². The second-order valence-corrected chi connectivity index (χ2v) is 7.39. The number of benzene rings is 1. The molecule has 3 aromatic rings. The Kier molecular flexibility index (Phi) is 5.40. The van der Waals surface area contributed by atoms with E-state index in [2.05, 4.69) is 15.3 Å². The first-order chi connectivity index (χ1) is 12.1. The number of carbonyl (C=O) groups is 2. The molecule has 8 heteroatoms. The largest absolute Gasteiger partial charge is 0.462 e. The first-order valence-electron chi connectivity index (χ1n) is 7.85. The van der Waals surface area contributed by atoms with Crippen molar-refractivity contribution >= 4 is 49.9 Å². The van der Waals surface area contributed by atoms with Crippen LogP contribution in [0.15, 0.2) is 24.3 Å². The van der Waals surface area contributed by atoms with Gasteiger partial charge in [0, 0.05) is 12.8 Å². The molecule has 0 aliphatic carbocycles. The molecule has 0 radical (unpaired) electrons. The van der Waals surface area contributed by atoms with Crippen molar-refractivity contribution in [1.29, 1.82) is 0 Å². The number of fused-ring (bicyclic) bond motifs is 1. The van der Waals surface area contributed by atoms with Crippen LogP contribution in [-0.2, 0) is 16.0 Å². The number of anilines is 1. The minimum absolute atomic E-state index is 0.150. The predicted molar refractivity (Wildman–Crippen MR) is 99.4 cm³/mol. The van der Waals surface area contributed by atoms with Gasteiger partial charge in [-0.25, -0.2) is 14.8 Å². The molecule has 0 atom stereocenters. The summed E-state index contributed by atoms with van der Waals surface area (Å²) in [6.07, 6.45) is 0.882. The fourth-order valence-corrected chi connectivity index (χ4v) is 4.11. The Morgan fingerprint density at radius 2 is 2.00 bits per heavy atom. The van der Waals surface area contributed by atoms with Crippen LogP contribution in [0.3, 0.4) is 0 Å². The average molecular weight is 375 g/mol. The summed E-state index contributed by atoms with van der Waals surface area (Å²) in [5.41, 5.74) is 1.52. The van der Waals surface area contributed by atoms with E-state index in [1.807, 2.05) is 24.3 Å². The van der Waals surface area contributed by atoms with Crippen LogP contribution in [0, 0.1) is 6.92 Å². The van der Waals surface area contributed by atoms with E-state index < -0.39 is 5.97 Å². The second kappa shape index (κ2) is 7.71. The van der Waals surface area contributed by atoms with Crippen molar-refractivity contribution < 1.29 is 14.3 Å². The number of hydrogen-bond donors (Lipinski definition) is 1. The summed E-state index contributed by atoms with van der Waals surface area (Å²) in [4.78, 5) is 33.1. The number of thiazole rings is 2. The van der Waals surface area contributed by atoms with Gasteiger partial charge in [-0.3, -0.25) is 4.79 Å². The van der Waals surface area contributed by atoms with Crippen LogP contribution in [-0.4, -0.2) is 28.5 Å². The number of amides is 1. The summed E-state index contributed by atoms with van der Waals surface area (Å²) in [5.74, 6) is -0.559. The number of aryl methyl sites for hydroxylation is 2. The number of esters is 1. The molecule has 25 heavy (non-hydrogen) atoms. The maximum atomic E-state index is 12.1. The first-order valence-corrected chi connectivity index (χ1v) is 9.49. The Labute approximate surface area is 152 Å². The molecule has 1 N–H and O–H groups in total. The molecule has 0 aliphatic heterocycles. The number of aromatic nitrogens is 2. The highest BCUT2D eigenvalue weighted by Crippen LogP contribution is 2.25. The molecule has 0 saturated carbocycles. The average Bonchev–Trinajstić information content (AvgIpc) is 3.16. The van der Waals surface area contributed by atoms with Gasteiger partial charge in [-0.1, -0.05) is 23.5 Å². The third-order valence-electron chi connectivity index (χ3n) is 3.41. The lowest BCUT2D eigenvalue weighted by molar-refractivity contribution is -0.116. The number of nitrogens with one attached hydrogen (secondary N) is 1. The molecule has 0 unspecified atom stereocenters. The molecule has 0 spiro atoms. The molecular weight excluding hydrogens is 358 g/mol. The van der Waals surface area contributed by atoms with Gasteiger partial charge in [0.1, 0.15) is 4.88 Å². The topological polar surface area (TPSA) is 81.2 Å². The van der Waals surface area contributed by atoms with Crippen LogP contribution in [0.4, 0.5) is 5.13 Å². The lowest BCUT2D eigenvalue weighted by Gasteiger charge is -1.99. The Hall–Kier alpha value is -2.32. The van der Waals surface area contributed by atoms with Crippen molar-refractivity contribution in [2.24, 2.45) is 0 Å². The van der Waals surface area contributed by atoms with E-state index in [0.29, 0.717) is 35.2 Å². The van der Waals surface area contributed by atoms with E-state index in [1.165, 1.54) is 0 Å². The van der Waals surface area contributed by atoms with Crippen LogP contribution in [0.2, 0.25) is 0 Å². The standard InChI is InChI=1S/C17H17N3O3S2/c1-3-23-16(22)15-10(2)18-17(25-15)20-13(21)8-9-14-19-11-6-4-5-7-12(11)24-14/h4-7H,3,8-9H2,1-2H3,(H,18,20,21). The maximum absolute atomic E-state index is 12.1. The van der Waals surface area contributed by atoms with Crippen molar-refractivity contribution in [3.05, 3.63) is 39.8 Å². The molecule has 2 aromatic heterocycles.